The summed E-state index contributed by atoms with van der Waals surface area (Å²) in [7, 11) is 1.69. The van der Waals surface area contributed by atoms with E-state index in [9.17, 15) is 9.59 Å². The third kappa shape index (κ3) is 18.6. The lowest BCUT2D eigenvalue weighted by Crippen LogP contribution is -2.50. The van der Waals surface area contributed by atoms with Crippen LogP contribution in [0.1, 0.15) is 62.3 Å². The molecule has 1 unspecified atom stereocenters. The van der Waals surface area contributed by atoms with Crippen LogP contribution in [0.5, 0.6) is 0 Å². The standard InChI is InChI=1S/C11H21N3O2.3C2H6/c1-7(2)6-13-10(15)9(4)14-11(16)8(3)12-5;3*1-2/h8-9,12H,1,6H2,2-5H3,(H,13,15)(H,14,16);3*1-2H3/t8-,9?;;;/m0.../s1. The second kappa shape index (κ2) is 21.9. The molecule has 5 nitrogen and oxygen atoms in total. The van der Waals surface area contributed by atoms with Crippen LogP contribution in [0.3, 0.4) is 0 Å². The molecule has 0 aromatic rings. The largest absolute Gasteiger partial charge is 0.351 e. The fourth-order valence-corrected chi connectivity index (χ4v) is 0.926. The van der Waals surface area contributed by atoms with Gasteiger partial charge in [0.1, 0.15) is 6.04 Å². The SMILES string of the molecule is C=C(C)CNC(=O)C(C)NC(=O)[C@H](C)NC.CC.CC.CC. The number of carbonyl (C=O) groups excluding carboxylic acids is 2. The third-order valence-corrected chi connectivity index (χ3v) is 2.14. The highest BCUT2D eigenvalue weighted by molar-refractivity contribution is 5.89. The molecule has 0 heterocycles. The Morgan fingerprint density at radius 2 is 1.32 bits per heavy atom. The van der Waals surface area contributed by atoms with Crippen molar-refractivity contribution in [3.8, 4) is 0 Å². The molecule has 5 heteroatoms. The molecule has 0 aliphatic carbocycles. The van der Waals surface area contributed by atoms with E-state index in [1.807, 2.05) is 48.5 Å². The Morgan fingerprint density at radius 3 is 1.64 bits per heavy atom. The predicted molar refractivity (Wildman–Crippen MR) is 98.0 cm³/mol. The van der Waals surface area contributed by atoms with Gasteiger partial charge < -0.3 is 16.0 Å². The number of nitrogens with one attached hydrogen (secondary N) is 3. The minimum absolute atomic E-state index is 0.194. The van der Waals surface area contributed by atoms with Gasteiger partial charge in [-0.2, -0.15) is 0 Å². The maximum atomic E-state index is 11.5. The predicted octanol–water partition coefficient (Wildman–Crippen LogP) is 2.87. The van der Waals surface area contributed by atoms with Crippen molar-refractivity contribution in [3.05, 3.63) is 12.2 Å². The van der Waals surface area contributed by atoms with Gasteiger partial charge in [-0.3, -0.25) is 9.59 Å². The van der Waals surface area contributed by atoms with Crippen LogP contribution < -0.4 is 16.0 Å². The van der Waals surface area contributed by atoms with E-state index >= 15 is 0 Å². The van der Waals surface area contributed by atoms with E-state index < -0.39 is 6.04 Å². The average Bonchev–Trinajstić information content (AvgIpc) is 2.56. The highest BCUT2D eigenvalue weighted by Gasteiger charge is 2.17. The molecular weight excluding hydrogens is 278 g/mol. The van der Waals surface area contributed by atoms with Crippen molar-refractivity contribution in [2.75, 3.05) is 13.6 Å². The molecule has 0 aliphatic heterocycles. The Bertz CT molecular complexity index is 279. The molecule has 2 amide bonds. The van der Waals surface area contributed by atoms with Crippen LogP contribution in [0.15, 0.2) is 12.2 Å². The zero-order valence-corrected chi connectivity index (χ0v) is 16.4. The van der Waals surface area contributed by atoms with Gasteiger partial charge >= 0.3 is 0 Å². The van der Waals surface area contributed by atoms with Crippen molar-refractivity contribution in [2.24, 2.45) is 0 Å². The molecule has 3 N–H and O–H groups in total. The maximum absolute atomic E-state index is 11.5. The zero-order valence-electron chi connectivity index (χ0n) is 16.4. The topological polar surface area (TPSA) is 70.2 Å². The molecule has 2 atom stereocenters. The molecule has 0 aromatic heterocycles. The Morgan fingerprint density at radius 1 is 0.909 bits per heavy atom. The van der Waals surface area contributed by atoms with Crippen LogP contribution >= 0.6 is 0 Å². The summed E-state index contributed by atoms with van der Waals surface area (Å²) in [5.41, 5.74) is 0.871. The van der Waals surface area contributed by atoms with Crippen molar-refractivity contribution >= 4 is 11.8 Å². The van der Waals surface area contributed by atoms with Crippen LogP contribution in [0.4, 0.5) is 0 Å². The summed E-state index contributed by atoms with van der Waals surface area (Å²) in [5.74, 6) is -0.403. The number of likely N-dealkylation sites (N-methyl/N-ethyl adjacent to an activating group) is 1. The normalized spacial score (nSPS) is 10.8. The van der Waals surface area contributed by atoms with Crippen LogP contribution in [0.25, 0.3) is 0 Å². The first-order valence-corrected chi connectivity index (χ1v) is 8.28. The first-order chi connectivity index (χ1) is 10.4. The molecule has 0 saturated carbocycles. The summed E-state index contributed by atoms with van der Waals surface area (Å²) in [4.78, 5) is 23.0. The fourth-order valence-electron chi connectivity index (χ4n) is 0.926. The molecule has 134 valence electrons. The van der Waals surface area contributed by atoms with Gasteiger partial charge in [-0.15, -0.1) is 0 Å². The average molecular weight is 318 g/mol. The van der Waals surface area contributed by atoms with E-state index in [0.29, 0.717) is 6.54 Å². The summed E-state index contributed by atoms with van der Waals surface area (Å²) >= 11 is 0. The van der Waals surface area contributed by atoms with Gasteiger partial charge in [0, 0.05) is 6.54 Å². The van der Waals surface area contributed by atoms with E-state index in [1.54, 1.807) is 20.9 Å². The molecule has 0 spiro atoms. The number of hydrogen-bond donors (Lipinski definition) is 3. The number of carbonyl (C=O) groups is 2. The quantitative estimate of drug-likeness (QED) is 0.660. The molecule has 0 radical (unpaired) electrons. The number of hydrogen-bond acceptors (Lipinski definition) is 3. The van der Waals surface area contributed by atoms with Crippen molar-refractivity contribution in [1.82, 2.24) is 16.0 Å². The molecule has 0 rings (SSSR count). The maximum Gasteiger partial charge on any atom is 0.242 e. The van der Waals surface area contributed by atoms with Gasteiger partial charge in [-0.25, -0.2) is 0 Å². The van der Waals surface area contributed by atoms with Crippen molar-refractivity contribution < 1.29 is 9.59 Å². The van der Waals surface area contributed by atoms with Gasteiger partial charge in [0.2, 0.25) is 11.8 Å². The monoisotopic (exact) mass is 317 g/mol. The van der Waals surface area contributed by atoms with E-state index in [2.05, 4.69) is 22.5 Å². The Labute approximate surface area is 138 Å². The minimum Gasteiger partial charge on any atom is -0.351 e. The molecule has 0 aromatic carbocycles. The highest BCUT2D eigenvalue weighted by Crippen LogP contribution is 1.88. The lowest BCUT2D eigenvalue weighted by atomic mass is 10.2. The van der Waals surface area contributed by atoms with Crippen LogP contribution in [0.2, 0.25) is 0 Å². The van der Waals surface area contributed by atoms with E-state index in [-0.39, 0.29) is 17.9 Å². The summed E-state index contributed by atoms with van der Waals surface area (Å²) in [5, 5.41) is 8.08. The molecule has 0 bridgehead atoms. The van der Waals surface area contributed by atoms with Crippen LogP contribution in [0, 0.1) is 0 Å². The van der Waals surface area contributed by atoms with Gasteiger partial charge in [0.05, 0.1) is 6.04 Å². The Hall–Kier alpha value is -1.36. The number of amides is 2. The summed E-state index contributed by atoms with van der Waals surface area (Å²) in [6, 6.07) is -0.848. The van der Waals surface area contributed by atoms with Gasteiger partial charge in [0.25, 0.3) is 0 Å². The first-order valence-electron chi connectivity index (χ1n) is 8.28. The van der Waals surface area contributed by atoms with Crippen molar-refractivity contribution in [2.45, 2.75) is 74.4 Å². The highest BCUT2D eigenvalue weighted by atomic mass is 16.2. The Kier molecular flexibility index (Phi) is 28.7. The van der Waals surface area contributed by atoms with E-state index in [1.165, 1.54) is 0 Å². The van der Waals surface area contributed by atoms with Crippen molar-refractivity contribution in [3.63, 3.8) is 0 Å². The number of rotatable bonds is 6. The smallest absolute Gasteiger partial charge is 0.242 e. The van der Waals surface area contributed by atoms with Crippen molar-refractivity contribution in [1.29, 1.82) is 0 Å². The van der Waals surface area contributed by atoms with Crippen LogP contribution in [-0.2, 0) is 9.59 Å². The molecule has 22 heavy (non-hydrogen) atoms. The lowest BCUT2D eigenvalue weighted by molar-refractivity contribution is -0.129. The fraction of sp³-hybridized carbons (Fsp3) is 0.765. The van der Waals surface area contributed by atoms with E-state index in [4.69, 9.17) is 0 Å². The molecular formula is C17H39N3O2. The first kappa shape index (κ1) is 28.8. The lowest BCUT2D eigenvalue weighted by Gasteiger charge is -2.16. The second-order valence-corrected chi connectivity index (χ2v) is 3.92. The second-order valence-electron chi connectivity index (χ2n) is 3.92. The van der Waals surface area contributed by atoms with Gasteiger partial charge in [-0.05, 0) is 27.8 Å². The summed E-state index contributed by atoms with van der Waals surface area (Å²) in [6.07, 6.45) is 0. The molecule has 0 fully saturated rings. The van der Waals surface area contributed by atoms with E-state index in [0.717, 1.165) is 5.57 Å². The minimum atomic E-state index is -0.539. The summed E-state index contributed by atoms with van der Waals surface area (Å²) in [6.45, 7) is 21.3. The molecule has 0 saturated heterocycles. The molecule has 0 aliphatic rings. The zero-order chi connectivity index (χ0) is 18.7. The summed E-state index contributed by atoms with van der Waals surface area (Å²) < 4.78 is 0. The van der Waals surface area contributed by atoms with Gasteiger partial charge in [-0.1, -0.05) is 53.7 Å². The van der Waals surface area contributed by atoms with Gasteiger partial charge in [0.15, 0.2) is 0 Å². The Balaban J connectivity index is -0.000000238. The van der Waals surface area contributed by atoms with Crippen LogP contribution in [-0.4, -0.2) is 37.5 Å². The third-order valence-electron chi connectivity index (χ3n) is 2.14.